The Morgan fingerprint density at radius 3 is 2.08 bits per heavy atom. The maximum Gasteiger partial charge on any atom is 0.306 e. The van der Waals surface area contributed by atoms with Gasteiger partial charge in [-0.15, -0.1) is 24.8 Å². The van der Waals surface area contributed by atoms with Crippen molar-refractivity contribution in [3.05, 3.63) is 11.6 Å². The Bertz CT molecular complexity index is 1070. The van der Waals surface area contributed by atoms with Crippen molar-refractivity contribution in [1.29, 1.82) is 0 Å². The molecule has 0 saturated heterocycles. The molecule has 50 heavy (non-hydrogen) atoms. The van der Waals surface area contributed by atoms with Crippen LogP contribution in [0.4, 0.5) is 0 Å². The van der Waals surface area contributed by atoms with Gasteiger partial charge in [0.05, 0.1) is 0 Å². The smallest absolute Gasteiger partial charge is 0.306 e. The number of hydrogen-bond donors (Lipinski definition) is 0. The minimum atomic E-state index is -0.120. The number of halogens is 2. The fourth-order valence-electron chi connectivity index (χ4n) is 11.1. The first-order valence-electron chi connectivity index (χ1n) is 20.2. The fraction of sp³-hybridized carbons (Fsp3) is 0.905. The van der Waals surface area contributed by atoms with Crippen LogP contribution in [0.15, 0.2) is 11.6 Å². The van der Waals surface area contributed by atoms with Crippen molar-refractivity contribution in [3.63, 3.8) is 0 Å². The van der Waals surface area contributed by atoms with Gasteiger partial charge in [0.1, 0.15) is 6.10 Å². The summed E-state index contributed by atoms with van der Waals surface area (Å²) in [4.78, 5) is 32.5. The van der Waals surface area contributed by atoms with Crippen LogP contribution >= 0.6 is 24.8 Å². The first kappa shape index (κ1) is 45.3. The first-order chi connectivity index (χ1) is 22.7. The van der Waals surface area contributed by atoms with E-state index in [-0.39, 0.29) is 48.2 Å². The Kier molecular flexibility index (Phi) is 18.7. The molecule has 0 bridgehead atoms. The molecule has 4 aliphatic rings. The summed E-state index contributed by atoms with van der Waals surface area (Å²) in [6.45, 7) is 16.1. The predicted octanol–water partition coefficient (Wildman–Crippen LogP) is 9.69. The summed E-state index contributed by atoms with van der Waals surface area (Å²) in [5.74, 6) is 5.11. The van der Waals surface area contributed by atoms with E-state index in [0.29, 0.717) is 24.7 Å². The van der Waals surface area contributed by atoms with Gasteiger partial charge in [0.25, 0.3) is 0 Å². The molecule has 292 valence electrons. The van der Waals surface area contributed by atoms with Crippen molar-refractivity contribution < 1.29 is 14.3 Å². The number of allylic oxidation sites excluding steroid dienone is 1. The fourth-order valence-corrected chi connectivity index (χ4v) is 11.1. The van der Waals surface area contributed by atoms with Crippen LogP contribution in [0.2, 0.25) is 0 Å². The number of hydrogen-bond acceptors (Lipinski definition) is 5. The quantitative estimate of drug-likeness (QED) is 0.103. The van der Waals surface area contributed by atoms with Gasteiger partial charge in [-0.1, -0.05) is 65.5 Å². The second-order valence-electron chi connectivity index (χ2n) is 18.2. The zero-order valence-corrected chi connectivity index (χ0v) is 35.3. The van der Waals surface area contributed by atoms with Gasteiger partial charge in [-0.2, -0.15) is 0 Å². The minimum Gasteiger partial charge on any atom is -0.462 e. The topological polar surface area (TPSA) is 53.1 Å². The van der Waals surface area contributed by atoms with Crippen LogP contribution in [-0.2, 0) is 14.3 Å². The molecular formula is C42H77Cl2N3O3. The van der Waals surface area contributed by atoms with E-state index in [1.165, 1.54) is 51.4 Å². The lowest BCUT2D eigenvalue weighted by atomic mass is 9.47. The summed E-state index contributed by atoms with van der Waals surface area (Å²) < 4.78 is 6.10. The van der Waals surface area contributed by atoms with Crippen LogP contribution in [0.5, 0.6) is 0 Å². The third kappa shape index (κ3) is 11.6. The summed E-state index contributed by atoms with van der Waals surface area (Å²) in [6.07, 6.45) is 20.0. The number of nitrogens with zero attached hydrogens (tertiary/aromatic N) is 3. The van der Waals surface area contributed by atoms with E-state index in [1.807, 2.05) is 4.90 Å². The highest BCUT2D eigenvalue weighted by Gasteiger charge is 2.59. The van der Waals surface area contributed by atoms with Crippen LogP contribution in [0.25, 0.3) is 0 Å². The molecule has 0 spiro atoms. The molecule has 0 aromatic heterocycles. The zero-order chi connectivity index (χ0) is 35.1. The molecular weight excluding hydrogens is 665 g/mol. The van der Waals surface area contributed by atoms with E-state index in [1.54, 1.807) is 5.57 Å². The molecule has 0 aromatic carbocycles. The average Bonchev–Trinajstić information content (AvgIpc) is 3.37. The Balaban J connectivity index is 0.00000433. The largest absolute Gasteiger partial charge is 0.462 e. The van der Waals surface area contributed by atoms with Crippen molar-refractivity contribution >= 4 is 36.7 Å². The van der Waals surface area contributed by atoms with Gasteiger partial charge >= 0.3 is 5.97 Å². The number of esters is 1. The van der Waals surface area contributed by atoms with E-state index in [0.717, 1.165) is 93.8 Å². The van der Waals surface area contributed by atoms with Gasteiger partial charge in [-0.05, 0) is 152 Å². The second kappa shape index (κ2) is 20.6. The summed E-state index contributed by atoms with van der Waals surface area (Å²) in [7, 11) is 8.29. The lowest BCUT2D eigenvalue weighted by Gasteiger charge is -2.58. The number of carbonyl (C=O) groups is 2. The molecule has 0 radical (unpaired) electrons. The maximum atomic E-state index is 13.1. The van der Waals surface area contributed by atoms with Crippen LogP contribution < -0.4 is 0 Å². The van der Waals surface area contributed by atoms with Crippen molar-refractivity contribution in [2.75, 3.05) is 54.4 Å². The molecule has 0 aliphatic heterocycles. The van der Waals surface area contributed by atoms with E-state index >= 15 is 0 Å². The van der Waals surface area contributed by atoms with Crippen molar-refractivity contribution in [1.82, 2.24) is 14.7 Å². The first-order valence-corrected chi connectivity index (χ1v) is 20.2. The highest BCUT2D eigenvalue weighted by atomic mass is 35.5. The molecule has 8 atom stereocenters. The van der Waals surface area contributed by atoms with Crippen LogP contribution in [0.1, 0.15) is 137 Å². The number of fused-ring (bicyclic) bond motifs is 5. The molecule has 6 nitrogen and oxygen atoms in total. The third-order valence-corrected chi connectivity index (χ3v) is 13.7. The van der Waals surface area contributed by atoms with Crippen LogP contribution in [0.3, 0.4) is 0 Å². The minimum absolute atomic E-state index is 0. The number of carbonyl (C=O) groups excluding carboxylic acids is 2. The Morgan fingerprint density at radius 1 is 0.800 bits per heavy atom. The monoisotopic (exact) mass is 742 g/mol. The Morgan fingerprint density at radius 2 is 1.46 bits per heavy atom. The maximum absolute atomic E-state index is 13.1. The average molecular weight is 743 g/mol. The molecule has 3 fully saturated rings. The molecule has 3 saturated carbocycles. The van der Waals surface area contributed by atoms with Gasteiger partial charge < -0.3 is 19.4 Å². The van der Waals surface area contributed by atoms with Gasteiger partial charge in [0.15, 0.2) is 0 Å². The van der Waals surface area contributed by atoms with Gasteiger partial charge in [-0.25, -0.2) is 0 Å². The van der Waals surface area contributed by atoms with E-state index in [4.69, 9.17) is 4.74 Å². The molecule has 8 unspecified atom stereocenters. The molecule has 0 heterocycles. The molecule has 4 rings (SSSR count). The van der Waals surface area contributed by atoms with Gasteiger partial charge in [0, 0.05) is 32.4 Å². The molecule has 8 heteroatoms. The number of rotatable bonds is 18. The van der Waals surface area contributed by atoms with E-state index in [9.17, 15) is 9.59 Å². The summed E-state index contributed by atoms with van der Waals surface area (Å²) >= 11 is 0. The predicted molar refractivity (Wildman–Crippen MR) is 214 cm³/mol. The normalized spacial score (nSPS) is 30.8. The lowest BCUT2D eigenvalue weighted by Crippen LogP contribution is -2.51. The lowest BCUT2D eigenvalue weighted by molar-refractivity contribution is -0.151. The molecule has 0 aromatic rings. The van der Waals surface area contributed by atoms with Crippen molar-refractivity contribution in [3.8, 4) is 0 Å². The number of amides is 1. The number of ether oxygens (including phenoxy) is 1. The highest BCUT2D eigenvalue weighted by molar-refractivity contribution is 5.85. The molecule has 4 aliphatic carbocycles. The van der Waals surface area contributed by atoms with Crippen LogP contribution in [0, 0.1) is 46.3 Å². The standard InChI is InChI=1S/C42H75N3O3.2ClH/c1-31(2)14-10-15-32(3)36-20-21-37-35-19-18-33-30-34(22-24-41(33,4)38(35)23-25-42(36,37)5)48-40(47)17-11-16-39(46)45(28-12-26-43(6)7)29-13-27-44(8)9;;/h18,31-32,34-38H,10-17,19-30H2,1-9H3;2*1H. The van der Waals surface area contributed by atoms with Crippen LogP contribution in [-0.4, -0.2) is 87.0 Å². The molecule has 0 N–H and O–H groups in total. The Hall–Kier alpha value is -0.820. The van der Waals surface area contributed by atoms with Crippen molar-refractivity contribution in [2.24, 2.45) is 46.3 Å². The SMILES string of the molecule is CC(C)CCCC(C)C1CCC2C3CC=C4CC(OC(=O)CCCC(=O)N(CCCN(C)C)CCCN(C)C)CCC4(C)C3CCC12C.Cl.Cl. The van der Waals surface area contributed by atoms with E-state index < -0.39 is 0 Å². The summed E-state index contributed by atoms with van der Waals surface area (Å²) in [6, 6.07) is 0. The van der Waals surface area contributed by atoms with Crippen molar-refractivity contribution in [2.45, 2.75) is 143 Å². The molecule has 1 amide bonds. The zero-order valence-electron chi connectivity index (χ0n) is 33.6. The van der Waals surface area contributed by atoms with Gasteiger partial charge in [-0.3, -0.25) is 9.59 Å². The summed E-state index contributed by atoms with van der Waals surface area (Å²) in [5.41, 5.74) is 2.36. The third-order valence-electron chi connectivity index (χ3n) is 13.7. The Labute approximate surface area is 320 Å². The van der Waals surface area contributed by atoms with Gasteiger partial charge in [0.2, 0.25) is 5.91 Å². The second-order valence-corrected chi connectivity index (χ2v) is 18.2. The highest BCUT2D eigenvalue weighted by Crippen LogP contribution is 2.67. The summed E-state index contributed by atoms with van der Waals surface area (Å²) in [5, 5.41) is 0. The van der Waals surface area contributed by atoms with E-state index in [2.05, 4.69) is 78.7 Å².